The molecule has 0 N–H and O–H groups in total. The standard InChI is InChI=1S/C25H23F3N2OSi/c1-31-19-14-10-17(11-15-19)22-21-7-5-6-20(23(21)29-30-24(22)32(2,3)4)16-8-12-18(13-9-16)25(26,27)28/h5-15H,1-4H3. The maximum atomic E-state index is 13.0. The number of nitrogens with zero attached hydrogens (tertiary/aromatic N) is 2. The third-order valence-corrected chi connectivity index (χ3v) is 7.18. The Morgan fingerprint density at radius 2 is 1.41 bits per heavy atom. The van der Waals surface area contributed by atoms with Crippen LogP contribution in [0.2, 0.25) is 19.6 Å². The second kappa shape index (κ2) is 8.06. The van der Waals surface area contributed by atoms with E-state index < -0.39 is 19.8 Å². The molecule has 0 amide bonds. The van der Waals surface area contributed by atoms with Crippen LogP contribution >= 0.6 is 0 Å². The lowest BCUT2D eigenvalue weighted by molar-refractivity contribution is -0.137. The number of alkyl halides is 3. The summed E-state index contributed by atoms with van der Waals surface area (Å²) in [6.45, 7) is 6.65. The first-order valence-corrected chi connectivity index (χ1v) is 13.7. The molecule has 4 aromatic rings. The van der Waals surface area contributed by atoms with Crippen LogP contribution in [0.5, 0.6) is 5.75 Å². The molecule has 0 saturated carbocycles. The summed E-state index contributed by atoms with van der Waals surface area (Å²) in [7, 11) is -0.228. The molecule has 164 valence electrons. The van der Waals surface area contributed by atoms with Crippen LogP contribution in [0, 0.1) is 0 Å². The molecule has 3 nitrogen and oxygen atoms in total. The Morgan fingerprint density at radius 1 is 0.781 bits per heavy atom. The number of methoxy groups -OCH3 is 1. The molecule has 0 radical (unpaired) electrons. The van der Waals surface area contributed by atoms with Gasteiger partial charge in [0.15, 0.2) is 0 Å². The van der Waals surface area contributed by atoms with Crippen LogP contribution in [0.4, 0.5) is 13.2 Å². The molecule has 0 unspecified atom stereocenters. The van der Waals surface area contributed by atoms with Crippen molar-refractivity contribution in [2.24, 2.45) is 0 Å². The molecular formula is C25H23F3N2OSi. The van der Waals surface area contributed by atoms with Gasteiger partial charge in [-0.15, -0.1) is 5.10 Å². The van der Waals surface area contributed by atoms with E-state index in [-0.39, 0.29) is 0 Å². The van der Waals surface area contributed by atoms with Gasteiger partial charge in [-0.25, -0.2) is 0 Å². The maximum absolute atomic E-state index is 13.0. The van der Waals surface area contributed by atoms with Crippen molar-refractivity contribution in [2.75, 3.05) is 7.11 Å². The molecular weight excluding hydrogens is 429 g/mol. The smallest absolute Gasteiger partial charge is 0.416 e. The monoisotopic (exact) mass is 452 g/mol. The van der Waals surface area contributed by atoms with Crippen molar-refractivity contribution >= 4 is 24.3 Å². The van der Waals surface area contributed by atoms with Crippen molar-refractivity contribution in [1.82, 2.24) is 10.2 Å². The zero-order chi connectivity index (χ0) is 23.1. The average Bonchev–Trinajstić information content (AvgIpc) is 2.77. The van der Waals surface area contributed by atoms with Gasteiger partial charge in [-0.1, -0.05) is 62.1 Å². The van der Waals surface area contributed by atoms with Crippen molar-refractivity contribution in [3.05, 3.63) is 72.3 Å². The largest absolute Gasteiger partial charge is 0.497 e. The quantitative estimate of drug-likeness (QED) is 0.330. The number of benzene rings is 3. The van der Waals surface area contributed by atoms with Crippen LogP contribution in [0.15, 0.2) is 66.7 Å². The van der Waals surface area contributed by atoms with E-state index in [0.717, 1.165) is 45.3 Å². The summed E-state index contributed by atoms with van der Waals surface area (Å²) in [5.41, 5.74) is 3.44. The highest BCUT2D eigenvalue weighted by atomic mass is 28.3. The van der Waals surface area contributed by atoms with Gasteiger partial charge in [0.2, 0.25) is 0 Å². The summed E-state index contributed by atoms with van der Waals surface area (Å²) in [4.78, 5) is 0. The fraction of sp³-hybridized carbons (Fsp3) is 0.200. The van der Waals surface area contributed by atoms with E-state index in [9.17, 15) is 13.2 Å². The van der Waals surface area contributed by atoms with Crippen molar-refractivity contribution in [3.8, 4) is 28.0 Å². The number of fused-ring (bicyclic) bond motifs is 1. The Labute approximate surface area is 185 Å². The first kappa shape index (κ1) is 22.0. The van der Waals surface area contributed by atoms with E-state index in [1.54, 1.807) is 7.11 Å². The molecule has 4 rings (SSSR count). The number of halogens is 3. The highest BCUT2D eigenvalue weighted by molar-refractivity contribution is 6.89. The van der Waals surface area contributed by atoms with Crippen LogP contribution in [-0.2, 0) is 6.18 Å². The van der Waals surface area contributed by atoms with Crippen molar-refractivity contribution < 1.29 is 17.9 Å². The predicted octanol–water partition coefficient (Wildman–Crippen LogP) is 6.54. The predicted molar refractivity (Wildman–Crippen MR) is 125 cm³/mol. The van der Waals surface area contributed by atoms with Gasteiger partial charge in [-0.05, 0) is 35.4 Å². The molecule has 0 aliphatic rings. The van der Waals surface area contributed by atoms with Crippen LogP contribution in [0.3, 0.4) is 0 Å². The Kier molecular flexibility index (Phi) is 5.54. The van der Waals surface area contributed by atoms with Crippen LogP contribution in [0.1, 0.15) is 5.56 Å². The Bertz CT molecular complexity index is 1260. The van der Waals surface area contributed by atoms with E-state index in [0.29, 0.717) is 11.1 Å². The van der Waals surface area contributed by atoms with Crippen LogP contribution in [-0.4, -0.2) is 25.4 Å². The number of hydrogen-bond donors (Lipinski definition) is 0. The molecule has 32 heavy (non-hydrogen) atoms. The second-order valence-electron chi connectivity index (χ2n) is 8.68. The van der Waals surface area contributed by atoms with E-state index in [2.05, 4.69) is 29.8 Å². The van der Waals surface area contributed by atoms with Gasteiger partial charge in [0.1, 0.15) is 19.3 Å². The molecule has 7 heteroatoms. The van der Waals surface area contributed by atoms with E-state index in [1.807, 2.05) is 42.5 Å². The summed E-state index contributed by atoms with van der Waals surface area (Å²) in [6.07, 6.45) is -4.37. The number of aromatic nitrogens is 2. The summed E-state index contributed by atoms with van der Waals surface area (Å²) in [5.74, 6) is 0.764. The molecule has 3 aromatic carbocycles. The van der Waals surface area contributed by atoms with E-state index in [4.69, 9.17) is 4.74 Å². The lowest BCUT2D eigenvalue weighted by Crippen LogP contribution is -2.42. The Hall–Kier alpha value is -3.19. The summed E-state index contributed by atoms with van der Waals surface area (Å²) in [6, 6.07) is 18.8. The van der Waals surface area contributed by atoms with E-state index in [1.165, 1.54) is 12.1 Å². The molecule has 0 atom stereocenters. The minimum Gasteiger partial charge on any atom is -0.497 e. The van der Waals surface area contributed by atoms with Gasteiger partial charge in [0, 0.05) is 16.5 Å². The van der Waals surface area contributed by atoms with Crippen LogP contribution < -0.4 is 10.1 Å². The first-order valence-electron chi connectivity index (χ1n) is 10.2. The molecule has 0 aliphatic heterocycles. The topological polar surface area (TPSA) is 35.0 Å². The summed E-state index contributed by atoms with van der Waals surface area (Å²) < 4.78 is 44.3. The van der Waals surface area contributed by atoms with Crippen molar-refractivity contribution in [3.63, 3.8) is 0 Å². The van der Waals surface area contributed by atoms with Crippen molar-refractivity contribution in [1.29, 1.82) is 0 Å². The zero-order valence-corrected chi connectivity index (χ0v) is 19.3. The Balaban J connectivity index is 1.95. The lowest BCUT2D eigenvalue weighted by atomic mass is 9.97. The SMILES string of the molecule is COc1ccc(-c2c([Si](C)(C)C)nnc3c(-c4ccc(C(F)(F)F)cc4)cccc23)cc1. The van der Waals surface area contributed by atoms with Gasteiger partial charge in [-0.2, -0.15) is 18.3 Å². The first-order chi connectivity index (χ1) is 15.1. The maximum Gasteiger partial charge on any atom is 0.416 e. The van der Waals surface area contributed by atoms with Crippen molar-refractivity contribution in [2.45, 2.75) is 25.8 Å². The van der Waals surface area contributed by atoms with Crippen LogP contribution in [0.25, 0.3) is 33.2 Å². The summed E-state index contributed by atoms with van der Waals surface area (Å²) >= 11 is 0. The van der Waals surface area contributed by atoms with Gasteiger partial charge in [0.25, 0.3) is 0 Å². The number of hydrogen-bond acceptors (Lipinski definition) is 3. The molecule has 0 aliphatic carbocycles. The van der Waals surface area contributed by atoms with Gasteiger partial charge < -0.3 is 4.74 Å². The second-order valence-corrected chi connectivity index (χ2v) is 13.7. The highest BCUT2D eigenvalue weighted by Gasteiger charge is 2.30. The summed E-state index contributed by atoms with van der Waals surface area (Å²) in [5, 5.41) is 11.1. The minimum absolute atomic E-state index is 0.666. The molecule has 1 heterocycles. The van der Waals surface area contributed by atoms with Gasteiger partial charge >= 0.3 is 6.18 Å². The Morgan fingerprint density at radius 3 is 1.97 bits per heavy atom. The third-order valence-electron chi connectivity index (χ3n) is 5.40. The fourth-order valence-electron chi connectivity index (χ4n) is 3.78. The highest BCUT2D eigenvalue weighted by Crippen LogP contribution is 2.35. The molecule has 0 saturated heterocycles. The zero-order valence-electron chi connectivity index (χ0n) is 18.3. The number of ether oxygens (including phenoxy) is 1. The average molecular weight is 453 g/mol. The van der Waals surface area contributed by atoms with E-state index >= 15 is 0 Å². The van der Waals surface area contributed by atoms with Gasteiger partial charge in [-0.3, -0.25) is 0 Å². The normalized spacial score (nSPS) is 12.2. The third kappa shape index (κ3) is 4.12. The number of rotatable bonds is 4. The fourth-order valence-corrected chi connectivity index (χ4v) is 5.16. The molecule has 1 aromatic heterocycles. The molecule has 0 bridgehead atoms. The minimum atomic E-state index is -4.37. The van der Waals surface area contributed by atoms with Gasteiger partial charge in [0.05, 0.1) is 18.0 Å². The lowest BCUT2D eigenvalue weighted by Gasteiger charge is -2.21. The molecule has 0 spiro atoms. The molecule has 0 fully saturated rings.